The van der Waals surface area contributed by atoms with Crippen LogP contribution in [-0.4, -0.2) is 46.1 Å². The molecule has 4 nitrogen and oxygen atoms in total. The molecule has 1 aromatic heterocycles. The van der Waals surface area contributed by atoms with E-state index in [9.17, 15) is 4.79 Å². The number of piperidine rings is 3. The van der Waals surface area contributed by atoms with Crippen LogP contribution in [0.25, 0.3) is 10.9 Å². The van der Waals surface area contributed by atoms with Gasteiger partial charge in [-0.2, -0.15) is 0 Å². The van der Waals surface area contributed by atoms with Crippen LogP contribution < -0.4 is 0 Å². The Balaban J connectivity index is 1.55. The Labute approximate surface area is 136 Å². The van der Waals surface area contributed by atoms with Gasteiger partial charge in [0, 0.05) is 23.7 Å². The predicted octanol–water partition coefficient (Wildman–Crippen LogP) is 3.14. The van der Waals surface area contributed by atoms with Crippen LogP contribution in [0.3, 0.4) is 0 Å². The maximum absolute atomic E-state index is 13.1. The Bertz CT molecular complexity index is 814. The molecular formula is C19H23N3O. The second-order valence-corrected chi connectivity index (χ2v) is 7.60. The molecular weight excluding hydrogens is 286 g/mol. The predicted molar refractivity (Wildman–Crippen MR) is 90.7 cm³/mol. The van der Waals surface area contributed by atoms with E-state index in [4.69, 9.17) is 0 Å². The third kappa shape index (κ3) is 1.84. The molecule has 3 saturated heterocycles. The summed E-state index contributed by atoms with van der Waals surface area (Å²) < 4.78 is 1.97. The fourth-order valence-corrected chi connectivity index (χ4v) is 4.97. The molecule has 4 heteroatoms. The van der Waals surface area contributed by atoms with Gasteiger partial charge < -0.3 is 9.80 Å². The van der Waals surface area contributed by atoms with Crippen molar-refractivity contribution in [1.82, 2.24) is 14.4 Å². The molecule has 0 saturated carbocycles. The molecule has 4 aliphatic rings. The van der Waals surface area contributed by atoms with Gasteiger partial charge in [0.1, 0.15) is 0 Å². The molecule has 120 valence electrons. The van der Waals surface area contributed by atoms with Crippen LogP contribution in [0.15, 0.2) is 18.2 Å². The van der Waals surface area contributed by atoms with E-state index in [0.717, 1.165) is 24.3 Å². The van der Waals surface area contributed by atoms with Crippen molar-refractivity contribution in [2.75, 3.05) is 19.6 Å². The molecule has 23 heavy (non-hydrogen) atoms. The summed E-state index contributed by atoms with van der Waals surface area (Å²) >= 11 is 0. The Morgan fingerprint density at radius 2 is 1.87 bits per heavy atom. The van der Waals surface area contributed by atoms with Crippen LogP contribution in [0.2, 0.25) is 0 Å². The summed E-state index contributed by atoms with van der Waals surface area (Å²) in [6.07, 6.45) is 2.50. The zero-order valence-electron chi connectivity index (χ0n) is 13.9. The van der Waals surface area contributed by atoms with Crippen molar-refractivity contribution in [3.8, 4) is 0 Å². The second-order valence-electron chi connectivity index (χ2n) is 7.60. The van der Waals surface area contributed by atoms with Crippen molar-refractivity contribution in [1.29, 1.82) is 0 Å². The van der Waals surface area contributed by atoms with Crippen molar-refractivity contribution < 1.29 is 4.79 Å². The number of aromatic nitrogens is 1. The van der Waals surface area contributed by atoms with E-state index in [2.05, 4.69) is 41.8 Å². The van der Waals surface area contributed by atoms with E-state index in [1.807, 2.05) is 4.57 Å². The van der Waals surface area contributed by atoms with Gasteiger partial charge >= 0.3 is 6.03 Å². The highest BCUT2D eigenvalue weighted by molar-refractivity contribution is 5.96. The Morgan fingerprint density at radius 1 is 1.09 bits per heavy atom. The molecule has 5 heterocycles. The minimum atomic E-state index is 0.193. The number of amides is 1. The van der Waals surface area contributed by atoms with Crippen molar-refractivity contribution in [2.24, 2.45) is 5.92 Å². The molecule has 2 aromatic rings. The SMILES string of the molecule is Cc1cc(C)c2cc3n(c2c1)C(=O)N(C1CN2CCC1CC2)C3. The number of rotatable bonds is 1. The zero-order chi connectivity index (χ0) is 15.7. The largest absolute Gasteiger partial charge is 0.329 e. The maximum atomic E-state index is 13.1. The number of fused-ring (bicyclic) bond motifs is 6. The third-order valence-electron chi connectivity index (χ3n) is 6.14. The summed E-state index contributed by atoms with van der Waals surface area (Å²) in [6, 6.07) is 7.19. The molecule has 1 unspecified atom stereocenters. The maximum Gasteiger partial charge on any atom is 0.329 e. The lowest BCUT2D eigenvalue weighted by molar-refractivity contribution is 0.0241. The van der Waals surface area contributed by atoms with Gasteiger partial charge in [-0.15, -0.1) is 0 Å². The van der Waals surface area contributed by atoms with Gasteiger partial charge in [0.05, 0.1) is 12.1 Å². The van der Waals surface area contributed by atoms with Crippen molar-refractivity contribution in [3.05, 3.63) is 35.0 Å². The lowest BCUT2D eigenvalue weighted by Gasteiger charge is -2.47. The third-order valence-corrected chi connectivity index (χ3v) is 6.14. The van der Waals surface area contributed by atoms with Crippen LogP contribution in [0.1, 0.15) is 29.7 Å². The highest BCUT2D eigenvalue weighted by Crippen LogP contribution is 2.36. The highest BCUT2D eigenvalue weighted by atomic mass is 16.2. The number of carbonyl (C=O) groups is 1. The van der Waals surface area contributed by atoms with Gasteiger partial charge in [-0.1, -0.05) is 6.07 Å². The van der Waals surface area contributed by atoms with E-state index >= 15 is 0 Å². The fraction of sp³-hybridized carbons (Fsp3) is 0.526. The first-order chi connectivity index (χ1) is 11.1. The van der Waals surface area contributed by atoms with Gasteiger partial charge in [0.15, 0.2) is 0 Å². The first-order valence-electron chi connectivity index (χ1n) is 8.77. The van der Waals surface area contributed by atoms with Crippen molar-refractivity contribution in [3.63, 3.8) is 0 Å². The number of hydrogen-bond donors (Lipinski definition) is 0. The molecule has 1 atom stereocenters. The van der Waals surface area contributed by atoms with Gasteiger partial charge in [0.2, 0.25) is 0 Å². The fourth-order valence-electron chi connectivity index (χ4n) is 4.97. The second kappa shape index (κ2) is 4.60. The first kappa shape index (κ1) is 13.6. The normalized spacial score (nSPS) is 29.6. The summed E-state index contributed by atoms with van der Waals surface area (Å²) in [4.78, 5) is 17.8. The van der Waals surface area contributed by atoms with Crippen LogP contribution >= 0.6 is 0 Å². The first-order valence-corrected chi connectivity index (χ1v) is 8.77. The number of carbonyl (C=O) groups excluding carboxylic acids is 1. The molecule has 0 aliphatic carbocycles. The zero-order valence-corrected chi connectivity index (χ0v) is 13.9. The summed E-state index contributed by atoms with van der Waals surface area (Å²) in [5, 5.41) is 1.23. The van der Waals surface area contributed by atoms with Gasteiger partial charge in [-0.3, -0.25) is 4.57 Å². The van der Waals surface area contributed by atoms with E-state index in [-0.39, 0.29) is 6.03 Å². The number of benzene rings is 1. The van der Waals surface area contributed by atoms with Gasteiger partial charge in [0.25, 0.3) is 0 Å². The molecule has 0 spiro atoms. The molecule has 1 amide bonds. The molecule has 3 fully saturated rings. The van der Waals surface area contributed by atoms with Crippen LogP contribution in [0.4, 0.5) is 4.79 Å². The molecule has 2 bridgehead atoms. The lowest BCUT2D eigenvalue weighted by atomic mass is 9.83. The highest BCUT2D eigenvalue weighted by Gasteiger charge is 2.42. The molecule has 0 N–H and O–H groups in total. The van der Waals surface area contributed by atoms with E-state index < -0.39 is 0 Å². The monoisotopic (exact) mass is 309 g/mol. The molecule has 4 aliphatic heterocycles. The molecule has 6 rings (SSSR count). The van der Waals surface area contributed by atoms with Crippen LogP contribution in [0, 0.1) is 19.8 Å². The van der Waals surface area contributed by atoms with Crippen molar-refractivity contribution in [2.45, 2.75) is 39.3 Å². The summed E-state index contributed by atoms with van der Waals surface area (Å²) in [5.74, 6) is 0.697. The molecule has 0 radical (unpaired) electrons. The summed E-state index contributed by atoms with van der Waals surface area (Å²) in [5.41, 5.74) is 4.75. The van der Waals surface area contributed by atoms with E-state index in [1.54, 1.807) is 0 Å². The van der Waals surface area contributed by atoms with Crippen LogP contribution in [0.5, 0.6) is 0 Å². The van der Waals surface area contributed by atoms with E-state index in [0.29, 0.717) is 12.0 Å². The van der Waals surface area contributed by atoms with Crippen molar-refractivity contribution >= 4 is 16.9 Å². The van der Waals surface area contributed by atoms with Crippen LogP contribution in [-0.2, 0) is 6.54 Å². The lowest BCUT2D eigenvalue weighted by Crippen LogP contribution is -2.57. The minimum absolute atomic E-state index is 0.193. The standard InChI is InChI=1S/C19H23N3O/c1-12-7-13(2)16-9-15-10-21(19(23)22(15)17(16)8-12)18-11-20-5-3-14(18)4-6-20/h7-9,14,18H,3-6,10-11H2,1-2H3. The Kier molecular flexibility index (Phi) is 2.72. The van der Waals surface area contributed by atoms with Gasteiger partial charge in [-0.05, 0) is 69.0 Å². The summed E-state index contributed by atoms with van der Waals surface area (Å²) in [6.45, 7) is 8.53. The number of nitrogens with zero attached hydrogens (tertiary/aromatic N) is 3. The smallest absolute Gasteiger partial charge is 0.314 e. The van der Waals surface area contributed by atoms with E-state index in [1.165, 1.54) is 42.4 Å². The number of hydrogen-bond acceptors (Lipinski definition) is 2. The minimum Gasteiger partial charge on any atom is -0.314 e. The topological polar surface area (TPSA) is 28.5 Å². The number of aryl methyl sites for hydroxylation is 2. The summed E-state index contributed by atoms with van der Waals surface area (Å²) in [7, 11) is 0. The van der Waals surface area contributed by atoms with Gasteiger partial charge in [-0.25, -0.2) is 4.79 Å². The Hall–Kier alpha value is -1.81. The molecule has 1 aromatic carbocycles. The quantitative estimate of drug-likeness (QED) is 0.809. The average molecular weight is 309 g/mol. The Morgan fingerprint density at radius 3 is 2.57 bits per heavy atom. The average Bonchev–Trinajstić information content (AvgIpc) is 3.06.